The fraction of sp³-hybridized carbons (Fsp3) is 0.0556. The Morgan fingerprint density at radius 3 is 2.68 bits per heavy atom. The second-order valence-corrected chi connectivity index (χ2v) is 6.34. The fourth-order valence-electron chi connectivity index (χ4n) is 2.31. The van der Waals surface area contributed by atoms with Crippen molar-refractivity contribution in [3.05, 3.63) is 66.1 Å². The van der Waals surface area contributed by atoms with Gasteiger partial charge in [0.2, 0.25) is 0 Å². The highest BCUT2D eigenvalue weighted by Gasteiger charge is 2.14. The zero-order valence-electron chi connectivity index (χ0n) is 13.2. The van der Waals surface area contributed by atoms with E-state index in [0.717, 1.165) is 17.3 Å². The number of anilines is 1. The van der Waals surface area contributed by atoms with Crippen LogP contribution in [0.1, 0.15) is 5.56 Å². The minimum atomic E-state index is -1.63. The molecule has 7 heteroatoms. The van der Waals surface area contributed by atoms with Crippen LogP contribution in [0, 0.1) is 17.1 Å². The van der Waals surface area contributed by atoms with Crippen molar-refractivity contribution < 1.29 is 13.3 Å². The van der Waals surface area contributed by atoms with Crippen molar-refractivity contribution in [2.45, 2.75) is 4.90 Å². The molecule has 0 bridgehead atoms. The van der Waals surface area contributed by atoms with Crippen molar-refractivity contribution in [1.29, 1.82) is 5.26 Å². The van der Waals surface area contributed by atoms with E-state index in [4.69, 9.17) is 10.00 Å². The van der Waals surface area contributed by atoms with E-state index in [-0.39, 0.29) is 17.0 Å². The van der Waals surface area contributed by atoms with Crippen LogP contribution >= 0.6 is 0 Å². The molecule has 1 heterocycles. The first-order valence-corrected chi connectivity index (χ1v) is 8.47. The summed E-state index contributed by atoms with van der Waals surface area (Å²) in [4.78, 5) is 3.57. The second-order valence-electron chi connectivity index (χ2n) is 5.13. The largest absolute Gasteiger partial charge is 0.495 e. The van der Waals surface area contributed by atoms with Crippen LogP contribution in [0.25, 0.3) is 11.3 Å². The molecule has 126 valence electrons. The van der Waals surface area contributed by atoms with Crippen LogP contribution in [-0.2, 0) is 11.0 Å². The molecule has 1 atom stereocenters. The highest BCUT2D eigenvalue weighted by Crippen LogP contribution is 2.29. The predicted octanol–water partition coefficient (Wildman–Crippen LogP) is 3.84. The molecular weight excluding hydrogens is 341 g/mol. The first-order chi connectivity index (χ1) is 12.1. The van der Waals surface area contributed by atoms with Gasteiger partial charge in [-0.25, -0.2) is 8.60 Å². The Balaban J connectivity index is 1.85. The van der Waals surface area contributed by atoms with Gasteiger partial charge in [0, 0.05) is 24.0 Å². The van der Waals surface area contributed by atoms with E-state index in [1.807, 2.05) is 30.3 Å². The number of H-pyrrole nitrogens is 1. The van der Waals surface area contributed by atoms with Crippen LogP contribution in [0.3, 0.4) is 0 Å². The molecule has 3 aromatic rings. The normalized spacial score (nSPS) is 11.6. The number of hydrogen-bond donors (Lipinski definition) is 2. The standard InChI is InChI=1S/C18H14FN3O2S/c1-24-18-7-13(10-20)15(19)9-17(18)22-25(23)14-8-16(21-11-14)12-5-3-2-4-6-12/h2-9,11,21-22H,1H3. The first-order valence-electron chi connectivity index (χ1n) is 7.32. The van der Waals surface area contributed by atoms with Crippen molar-refractivity contribution in [1.82, 2.24) is 4.98 Å². The number of nitrogens with zero attached hydrogens (tertiary/aromatic N) is 1. The van der Waals surface area contributed by atoms with Gasteiger partial charge in [0.05, 0.1) is 23.3 Å². The molecule has 25 heavy (non-hydrogen) atoms. The van der Waals surface area contributed by atoms with E-state index >= 15 is 0 Å². The zero-order chi connectivity index (χ0) is 17.8. The summed E-state index contributed by atoms with van der Waals surface area (Å²) in [7, 11) is -0.232. The lowest BCUT2D eigenvalue weighted by Crippen LogP contribution is -2.06. The average Bonchev–Trinajstić information content (AvgIpc) is 3.13. The Hall–Kier alpha value is -3.11. The van der Waals surface area contributed by atoms with Gasteiger partial charge >= 0.3 is 0 Å². The first kappa shape index (κ1) is 16.7. The number of aromatic amines is 1. The summed E-state index contributed by atoms with van der Waals surface area (Å²) >= 11 is 0. The molecule has 0 spiro atoms. The van der Waals surface area contributed by atoms with Crippen molar-refractivity contribution in [2.75, 3.05) is 11.8 Å². The van der Waals surface area contributed by atoms with Gasteiger partial charge in [-0.1, -0.05) is 30.3 Å². The minimum Gasteiger partial charge on any atom is -0.495 e. The number of hydrogen-bond acceptors (Lipinski definition) is 3. The molecule has 0 amide bonds. The summed E-state index contributed by atoms with van der Waals surface area (Å²) in [5.41, 5.74) is 1.86. The Morgan fingerprint density at radius 2 is 2.00 bits per heavy atom. The third-order valence-corrected chi connectivity index (χ3v) is 4.64. The third-order valence-electron chi connectivity index (χ3n) is 3.57. The highest BCUT2D eigenvalue weighted by molar-refractivity contribution is 7.86. The second kappa shape index (κ2) is 7.20. The van der Waals surface area contributed by atoms with Crippen LogP contribution in [0.2, 0.25) is 0 Å². The van der Waals surface area contributed by atoms with Gasteiger partial charge in [0.1, 0.15) is 17.6 Å². The number of rotatable bonds is 5. The van der Waals surface area contributed by atoms with E-state index in [2.05, 4.69) is 9.71 Å². The lowest BCUT2D eigenvalue weighted by Gasteiger charge is -2.10. The summed E-state index contributed by atoms with van der Waals surface area (Å²) in [6.45, 7) is 0. The molecule has 0 fully saturated rings. The molecule has 2 N–H and O–H groups in total. The maximum absolute atomic E-state index is 13.8. The topological polar surface area (TPSA) is 77.9 Å². The van der Waals surface area contributed by atoms with Crippen molar-refractivity contribution >= 4 is 16.7 Å². The van der Waals surface area contributed by atoms with Crippen molar-refractivity contribution in [3.63, 3.8) is 0 Å². The number of nitriles is 1. The van der Waals surface area contributed by atoms with Crippen molar-refractivity contribution in [2.24, 2.45) is 0 Å². The summed E-state index contributed by atoms with van der Waals surface area (Å²) in [6.07, 6.45) is 1.62. The van der Waals surface area contributed by atoms with E-state index in [9.17, 15) is 8.60 Å². The summed E-state index contributed by atoms with van der Waals surface area (Å²) in [6, 6.07) is 15.5. The van der Waals surface area contributed by atoms with Gasteiger partial charge in [-0.05, 0) is 11.6 Å². The summed E-state index contributed by atoms with van der Waals surface area (Å²) < 4.78 is 34.2. The monoisotopic (exact) mass is 355 g/mol. The van der Waals surface area contributed by atoms with Crippen LogP contribution < -0.4 is 9.46 Å². The molecule has 0 radical (unpaired) electrons. The molecule has 5 nitrogen and oxygen atoms in total. The van der Waals surface area contributed by atoms with E-state index in [1.165, 1.54) is 13.2 Å². The Morgan fingerprint density at radius 1 is 1.24 bits per heavy atom. The molecule has 1 unspecified atom stereocenters. The lowest BCUT2D eigenvalue weighted by molar-refractivity contribution is 0.415. The van der Waals surface area contributed by atoms with Gasteiger partial charge < -0.3 is 9.72 Å². The fourth-order valence-corrected chi connectivity index (χ4v) is 3.18. The molecule has 0 saturated heterocycles. The molecule has 1 aromatic heterocycles. The predicted molar refractivity (Wildman–Crippen MR) is 93.9 cm³/mol. The molecular formula is C18H14FN3O2S. The molecule has 3 rings (SSSR count). The zero-order valence-corrected chi connectivity index (χ0v) is 14.1. The van der Waals surface area contributed by atoms with Gasteiger partial charge in [-0.15, -0.1) is 0 Å². The van der Waals surface area contributed by atoms with Gasteiger partial charge in [-0.2, -0.15) is 5.26 Å². The van der Waals surface area contributed by atoms with Gasteiger partial charge in [-0.3, -0.25) is 4.72 Å². The Labute approximate surface area is 146 Å². The van der Waals surface area contributed by atoms with E-state index in [0.29, 0.717) is 4.90 Å². The maximum Gasteiger partial charge on any atom is 0.151 e. The Bertz CT molecular complexity index is 964. The molecule has 0 aliphatic carbocycles. The minimum absolute atomic E-state index is 0.138. The van der Waals surface area contributed by atoms with Crippen LogP contribution in [0.4, 0.5) is 10.1 Å². The number of halogens is 1. The summed E-state index contributed by atoms with van der Waals surface area (Å²) in [5.74, 6) is -0.466. The van der Waals surface area contributed by atoms with Crippen molar-refractivity contribution in [3.8, 4) is 23.1 Å². The maximum atomic E-state index is 13.8. The Kier molecular flexibility index (Phi) is 4.82. The number of aromatic nitrogens is 1. The number of benzene rings is 2. The SMILES string of the molecule is COc1cc(C#N)c(F)cc1NS(=O)c1c[nH]c(-c2ccccc2)c1. The van der Waals surface area contributed by atoms with Gasteiger partial charge in [0.25, 0.3) is 0 Å². The molecule has 2 aromatic carbocycles. The van der Waals surface area contributed by atoms with Crippen LogP contribution in [0.5, 0.6) is 5.75 Å². The van der Waals surface area contributed by atoms with E-state index < -0.39 is 16.8 Å². The van der Waals surface area contributed by atoms with Gasteiger partial charge in [0.15, 0.2) is 11.0 Å². The third kappa shape index (κ3) is 3.54. The highest BCUT2D eigenvalue weighted by atomic mass is 32.2. The smallest absolute Gasteiger partial charge is 0.151 e. The molecule has 0 saturated carbocycles. The molecule has 0 aliphatic heterocycles. The quantitative estimate of drug-likeness (QED) is 0.730. The van der Waals surface area contributed by atoms with Crippen LogP contribution in [-0.4, -0.2) is 16.3 Å². The lowest BCUT2D eigenvalue weighted by atomic mass is 10.2. The molecule has 0 aliphatic rings. The van der Waals surface area contributed by atoms with E-state index in [1.54, 1.807) is 18.3 Å². The van der Waals surface area contributed by atoms with Crippen LogP contribution in [0.15, 0.2) is 59.6 Å². The average molecular weight is 355 g/mol. The number of nitrogens with one attached hydrogen (secondary N) is 2. The number of ether oxygens (including phenoxy) is 1. The summed E-state index contributed by atoms with van der Waals surface area (Å²) in [5, 5.41) is 8.87. The number of methoxy groups -OCH3 is 1.